The lowest BCUT2D eigenvalue weighted by molar-refractivity contribution is -0.130. The number of hydrazone groups is 1. The molecule has 1 fully saturated rings. The molecule has 0 aliphatic carbocycles. The maximum Gasteiger partial charge on any atom is 0.325 e. The molecule has 4 amide bonds. The Kier molecular flexibility index (Phi) is 5.64. The summed E-state index contributed by atoms with van der Waals surface area (Å²) >= 11 is 0. The molecule has 0 spiro atoms. The highest BCUT2D eigenvalue weighted by molar-refractivity contribution is 6.06. The molecular formula is C18H25N5O3. The van der Waals surface area contributed by atoms with Crippen LogP contribution in [0.4, 0.5) is 10.5 Å². The number of hydrogen-bond acceptors (Lipinski definition) is 5. The lowest BCUT2D eigenvalue weighted by Crippen LogP contribution is -2.40. The minimum atomic E-state index is -0.930. The van der Waals surface area contributed by atoms with Crippen LogP contribution in [0.15, 0.2) is 29.4 Å². The van der Waals surface area contributed by atoms with E-state index in [0.717, 1.165) is 16.2 Å². The zero-order chi connectivity index (χ0) is 19.5. The summed E-state index contributed by atoms with van der Waals surface area (Å²) in [5, 5.41) is 6.66. The van der Waals surface area contributed by atoms with Crippen LogP contribution in [0, 0.1) is 0 Å². The first-order valence-corrected chi connectivity index (χ1v) is 8.37. The fourth-order valence-corrected chi connectivity index (χ4v) is 2.50. The van der Waals surface area contributed by atoms with E-state index in [2.05, 4.69) is 15.8 Å². The zero-order valence-corrected chi connectivity index (χ0v) is 15.8. The Morgan fingerprint density at radius 2 is 1.85 bits per heavy atom. The molecule has 1 aromatic rings. The van der Waals surface area contributed by atoms with Crippen LogP contribution in [0.5, 0.6) is 0 Å². The lowest BCUT2D eigenvalue weighted by atomic mass is 10.1. The van der Waals surface area contributed by atoms with E-state index in [4.69, 9.17) is 0 Å². The van der Waals surface area contributed by atoms with Gasteiger partial charge in [-0.1, -0.05) is 12.1 Å². The summed E-state index contributed by atoms with van der Waals surface area (Å²) in [5.74, 6) is -0.699. The highest BCUT2D eigenvalue weighted by Crippen LogP contribution is 2.16. The van der Waals surface area contributed by atoms with Gasteiger partial charge in [0.2, 0.25) is 5.91 Å². The van der Waals surface area contributed by atoms with Gasteiger partial charge in [0.05, 0.1) is 5.71 Å². The average molecular weight is 359 g/mol. The molecule has 1 aromatic carbocycles. The first-order valence-electron chi connectivity index (χ1n) is 8.37. The molecule has 140 valence electrons. The number of imide groups is 1. The van der Waals surface area contributed by atoms with E-state index in [1.54, 1.807) is 20.8 Å². The van der Waals surface area contributed by atoms with Gasteiger partial charge in [0.25, 0.3) is 5.91 Å². The summed E-state index contributed by atoms with van der Waals surface area (Å²) in [4.78, 5) is 38.8. The van der Waals surface area contributed by atoms with Gasteiger partial charge in [-0.05, 0) is 38.5 Å². The minimum Gasteiger partial charge on any atom is -0.378 e. The summed E-state index contributed by atoms with van der Waals surface area (Å²) in [5.41, 5.74) is 4.16. The summed E-state index contributed by atoms with van der Waals surface area (Å²) in [6.45, 7) is 5.07. The van der Waals surface area contributed by atoms with Crippen molar-refractivity contribution in [2.45, 2.75) is 32.7 Å². The van der Waals surface area contributed by atoms with E-state index in [-0.39, 0.29) is 24.8 Å². The second kappa shape index (κ2) is 7.55. The van der Waals surface area contributed by atoms with Crippen molar-refractivity contribution >= 4 is 29.2 Å². The Morgan fingerprint density at radius 1 is 1.23 bits per heavy atom. The number of benzene rings is 1. The van der Waals surface area contributed by atoms with Crippen molar-refractivity contribution in [2.75, 3.05) is 25.5 Å². The number of hydrogen-bond donors (Lipinski definition) is 2. The Bertz CT molecular complexity index is 738. The molecule has 0 unspecified atom stereocenters. The third-order valence-corrected chi connectivity index (χ3v) is 4.16. The number of nitrogens with one attached hydrogen (secondary N) is 2. The maximum atomic E-state index is 12.1. The van der Waals surface area contributed by atoms with Crippen molar-refractivity contribution in [3.8, 4) is 0 Å². The zero-order valence-electron chi connectivity index (χ0n) is 15.8. The molecule has 8 nitrogen and oxygen atoms in total. The van der Waals surface area contributed by atoms with E-state index in [9.17, 15) is 14.4 Å². The van der Waals surface area contributed by atoms with Crippen molar-refractivity contribution in [3.63, 3.8) is 0 Å². The van der Waals surface area contributed by atoms with Gasteiger partial charge in [0.1, 0.15) is 5.54 Å². The molecule has 0 atom stereocenters. The normalized spacial score (nSPS) is 16.5. The Balaban J connectivity index is 1.88. The SMILES string of the molecule is C/C(=N/NC(=O)CCN1C(=O)NC(C)(C)C1=O)c1ccc(N(C)C)cc1. The van der Waals surface area contributed by atoms with Crippen LogP contribution in [-0.4, -0.2) is 54.6 Å². The topological polar surface area (TPSA) is 94.1 Å². The van der Waals surface area contributed by atoms with E-state index < -0.39 is 11.6 Å². The Hall–Kier alpha value is -2.90. The first kappa shape index (κ1) is 19.4. The smallest absolute Gasteiger partial charge is 0.325 e. The van der Waals surface area contributed by atoms with E-state index in [0.29, 0.717) is 5.71 Å². The molecule has 1 aliphatic heterocycles. The van der Waals surface area contributed by atoms with Crippen LogP contribution in [0.25, 0.3) is 0 Å². The predicted molar refractivity (Wildman–Crippen MR) is 100 cm³/mol. The van der Waals surface area contributed by atoms with Gasteiger partial charge in [-0.3, -0.25) is 14.5 Å². The molecular weight excluding hydrogens is 334 g/mol. The number of urea groups is 1. The second-order valence-electron chi connectivity index (χ2n) is 6.94. The number of carbonyl (C=O) groups excluding carboxylic acids is 3. The molecule has 1 saturated heterocycles. The largest absolute Gasteiger partial charge is 0.378 e. The fourth-order valence-electron chi connectivity index (χ4n) is 2.50. The summed E-state index contributed by atoms with van der Waals surface area (Å²) in [7, 11) is 3.92. The first-order chi connectivity index (χ1) is 12.1. The summed E-state index contributed by atoms with van der Waals surface area (Å²) < 4.78 is 0. The Labute approximate surface area is 153 Å². The van der Waals surface area contributed by atoms with Crippen LogP contribution in [0.3, 0.4) is 0 Å². The second-order valence-corrected chi connectivity index (χ2v) is 6.94. The lowest BCUT2D eigenvalue weighted by Gasteiger charge is -2.15. The quantitative estimate of drug-likeness (QED) is 0.455. The maximum absolute atomic E-state index is 12.1. The third-order valence-electron chi connectivity index (χ3n) is 4.16. The molecule has 8 heteroatoms. The third kappa shape index (κ3) is 4.38. The van der Waals surface area contributed by atoms with Gasteiger partial charge in [0.15, 0.2) is 0 Å². The monoisotopic (exact) mass is 359 g/mol. The van der Waals surface area contributed by atoms with Gasteiger partial charge in [-0.15, -0.1) is 0 Å². The molecule has 0 bridgehead atoms. The minimum absolute atomic E-state index is 0.00835. The van der Waals surface area contributed by atoms with Crippen molar-refractivity contribution in [1.29, 1.82) is 0 Å². The van der Waals surface area contributed by atoms with Crippen LogP contribution in [-0.2, 0) is 9.59 Å². The van der Waals surface area contributed by atoms with E-state index in [1.807, 2.05) is 43.3 Å². The predicted octanol–water partition coefficient (Wildman–Crippen LogP) is 1.31. The molecule has 1 heterocycles. The van der Waals surface area contributed by atoms with Crippen LogP contribution in [0.2, 0.25) is 0 Å². The van der Waals surface area contributed by atoms with Gasteiger partial charge in [0, 0.05) is 32.7 Å². The van der Waals surface area contributed by atoms with Gasteiger partial charge in [-0.25, -0.2) is 10.2 Å². The van der Waals surface area contributed by atoms with Crippen LogP contribution < -0.4 is 15.6 Å². The fraction of sp³-hybridized carbons (Fsp3) is 0.444. The Morgan fingerprint density at radius 3 is 2.35 bits per heavy atom. The van der Waals surface area contributed by atoms with Crippen LogP contribution in [0.1, 0.15) is 32.8 Å². The number of anilines is 1. The van der Waals surface area contributed by atoms with Gasteiger partial charge < -0.3 is 10.2 Å². The van der Waals surface area contributed by atoms with E-state index in [1.165, 1.54) is 0 Å². The number of carbonyl (C=O) groups is 3. The standard InChI is InChI=1S/C18H25N5O3/c1-12(13-6-8-14(9-7-13)22(4)5)20-21-15(24)10-11-23-16(25)18(2,3)19-17(23)26/h6-9H,10-11H2,1-5H3,(H,19,26)(H,21,24)/b20-12-. The molecule has 1 aliphatic rings. The average Bonchev–Trinajstić information content (AvgIpc) is 2.78. The summed E-state index contributed by atoms with van der Waals surface area (Å²) in [6, 6.07) is 7.31. The highest BCUT2D eigenvalue weighted by Gasteiger charge is 2.43. The molecule has 2 N–H and O–H groups in total. The molecule has 0 radical (unpaired) electrons. The van der Waals surface area contributed by atoms with Gasteiger partial charge in [-0.2, -0.15) is 5.10 Å². The van der Waals surface area contributed by atoms with Gasteiger partial charge >= 0.3 is 6.03 Å². The summed E-state index contributed by atoms with van der Waals surface area (Å²) in [6.07, 6.45) is -0.00835. The molecule has 2 rings (SSSR count). The molecule has 0 saturated carbocycles. The number of amides is 4. The van der Waals surface area contributed by atoms with Crippen molar-refractivity contribution < 1.29 is 14.4 Å². The van der Waals surface area contributed by atoms with Crippen molar-refractivity contribution in [1.82, 2.24) is 15.6 Å². The van der Waals surface area contributed by atoms with Crippen LogP contribution >= 0.6 is 0 Å². The van der Waals surface area contributed by atoms with E-state index >= 15 is 0 Å². The number of rotatable bonds is 6. The number of nitrogens with zero attached hydrogens (tertiary/aromatic N) is 3. The van der Waals surface area contributed by atoms with Crippen molar-refractivity contribution in [2.24, 2.45) is 5.10 Å². The van der Waals surface area contributed by atoms with Crippen molar-refractivity contribution in [3.05, 3.63) is 29.8 Å². The highest BCUT2D eigenvalue weighted by atomic mass is 16.2. The molecule has 0 aromatic heterocycles. The molecule has 26 heavy (non-hydrogen) atoms.